The molecule has 0 aliphatic carbocycles. The Hall–Kier alpha value is -0.540. The first-order valence-corrected chi connectivity index (χ1v) is 5.76. The number of isocyanates is 2. The van der Waals surface area contributed by atoms with Gasteiger partial charge >= 0.3 is 0 Å². The molecular weight excluding hydrogens is 208 g/mol. The largest absolute Gasteiger partial charge is 0.234 e. The molecule has 1 aliphatic heterocycles. The fraction of sp³-hybridized carbons (Fsp3) is 0.714. The number of hydrogen-bond acceptors (Lipinski definition) is 6. The minimum absolute atomic E-state index is 0.181. The Morgan fingerprint density at radius 2 is 1.85 bits per heavy atom. The Morgan fingerprint density at radius 1 is 1.23 bits per heavy atom. The Balaban J connectivity index is 2.61. The van der Waals surface area contributed by atoms with E-state index in [2.05, 4.69) is 9.98 Å². The molecule has 0 N–H and O–H groups in total. The van der Waals surface area contributed by atoms with Crippen molar-refractivity contribution in [3.8, 4) is 0 Å². The highest BCUT2D eigenvalue weighted by molar-refractivity contribution is 8.20. The first-order chi connectivity index (χ1) is 6.33. The van der Waals surface area contributed by atoms with Crippen molar-refractivity contribution in [3.63, 3.8) is 0 Å². The van der Waals surface area contributed by atoms with E-state index in [1.165, 1.54) is 12.2 Å². The van der Waals surface area contributed by atoms with Crippen molar-refractivity contribution in [2.75, 3.05) is 23.9 Å². The van der Waals surface area contributed by atoms with Crippen LogP contribution in [0.5, 0.6) is 0 Å². The van der Waals surface area contributed by atoms with Gasteiger partial charge in [-0.25, -0.2) is 19.6 Å². The first kappa shape index (κ1) is 10.5. The van der Waals surface area contributed by atoms with Crippen molar-refractivity contribution >= 4 is 35.7 Å². The SMILES string of the molecule is O=C=NCC1(CN=C=O)CSCS1. The highest BCUT2D eigenvalue weighted by Crippen LogP contribution is 2.40. The maximum atomic E-state index is 9.96. The van der Waals surface area contributed by atoms with Gasteiger partial charge in [0.25, 0.3) is 0 Å². The lowest BCUT2D eigenvalue weighted by molar-refractivity contribution is 0.556. The molecule has 1 fully saturated rings. The number of aliphatic imine (C=N–C) groups is 2. The van der Waals surface area contributed by atoms with Gasteiger partial charge in [-0.1, -0.05) is 0 Å². The number of thioether (sulfide) groups is 2. The molecule has 0 aromatic heterocycles. The summed E-state index contributed by atoms with van der Waals surface area (Å²) in [7, 11) is 0. The molecule has 0 saturated carbocycles. The standard InChI is InChI=1S/C7H8N2O2S2/c10-4-8-1-7(2-9-5-11)3-12-6-13-7/h1-3,6H2. The molecular formula is C7H8N2O2S2. The molecule has 0 radical (unpaired) electrons. The third kappa shape index (κ3) is 3.01. The Bertz CT molecular complexity index is 242. The van der Waals surface area contributed by atoms with Crippen LogP contribution in [-0.4, -0.2) is 40.8 Å². The Labute approximate surface area is 84.3 Å². The lowest BCUT2D eigenvalue weighted by atomic mass is 10.2. The van der Waals surface area contributed by atoms with Gasteiger partial charge in [0.2, 0.25) is 12.2 Å². The van der Waals surface area contributed by atoms with Gasteiger partial charge in [-0.2, -0.15) is 0 Å². The average molecular weight is 216 g/mol. The van der Waals surface area contributed by atoms with Crippen LogP contribution in [0.25, 0.3) is 0 Å². The zero-order chi connectivity index (χ0) is 9.57. The monoisotopic (exact) mass is 216 g/mol. The Morgan fingerprint density at radius 3 is 2.23 bits per heavy atom. The second kappa shape index (κ2) is 5.25. The van der Waals surface area contributed by atoms with Crippen molar-refractivity contribution in [2.45, 2.75) is 4.75 Å². The molecule has 1 rings (SSSR count). The van der Waals surface area contributed by atoms with Gasteiger partial charge in [-0.15, -0.1) is 23.5 Å². The van der Waals surface area contributed by atoms with Crippen LogP contribution in [0.15, 0.2) is 9.98 Å². The predicted molar refractivity (Wildman–Crippen MR) is 53.6 cm³/mol. The van der Waals surface area contributed by atoms with E-state index in [-0.39, 0.29) is 4.75 Å². The molecule has 0 atom stereocenters. The van der Waals surface area contributed by atoms with E-state index in [4.69, 9.17) is 0 Å². The molecule has 1 heterocycles. The third-order valence-electron chi connectivity index (χ3n) is 1.68. The van der Waals surface area contributed by atoms with E-state index in [0.29, 0.717) is 13.1 Å². The second-order valence-electron chi connectivity index (χ2n) is 2.61. The van der Waals surface area contributed by atoms with Crippen LogP contribution in [0.4, 0.5) is 0 Å². The fourth-order valence-corrected chi connectivity index (χ4v) is 4.14. The number of rotatable bonds is 4. The topological polar surface area (TPSA) is 58.9 Å². The van der Waals surface area contributed by atoms with Crippen molar-refractivity contribution < 1.29 is 9.59 Å². The van der Waals surface area contributed by atoms with Crippen LogP contribution >= 0.6 is 23.5 Å². The number of nitrogens with zero attached hydrogens (tertiary/aromatic N) is 2. The average Bonchev–Trinajstić information content (AvgIpc) is 2.61. The minimum Gasteiger partial charge on any atom is -0.211 e. The third-order valence-corrected chi connectivity index (χ3v) is 4.77. The quantitative estimate of drug-likeness (QED) is 0.516. The molecule has 0 amide bonds. The smallest absolute Gasteiger partial charge is 0.211 e. The van der Waals surface area contributed by atoms with Gasteiger partial charge in [0.1, 0.15) is 0 Å². The molecule has 0 unspecified atom stereocenters. The summed E-state index contributed by atoms with van der Waals surface area (Å²) in [4.78, 5) is 27.0. The molecule has 13 heavy (non-hydrogen) atoms. The summed E-state index contributed by atoms with van der Waals surface area (Å²) in [5.74, 6) is 0.869. The van der Waals surface area contributed by atoms with E-state index < -0.39 is 0 Å². The van der Waals surface area contributed by atoms with E-state index in [1.54, 1.807) is 23.5 Å². The van der Waals surface area contributed by atoms with Crippen molar-refractivity contribution in [1.82, 2.24) is 0 Å². The summed E-state index contributed by atoms with van der Waals surface area (Å²) >= 11 is 3.45. The minimum atomic E-state index is -0.181. The lowest BCUT2D eigenvalue weighted by Gasteiger charge is -2.20. The molecule has 0 aromatic rings. The maximum absolute atomic E-state index is 9.96. The van der Waals surface area contributed by atoms with Crippen molar-refractivity contribution in [3.05, 3.63) is 0 Å². The summed E-state index contributed by atoms with van der Waals surface area (Å²) in [5, 5.41) is 0.961. The van der Waals surface area contributed by atoms with Crippen LogP contribution < -0.4 is 0 Å². The fourth-order valence-electron chi connectivity index (χ4n) is 1.02. The first-order valence-electron chi connectivity index (χ1n) is 3.62. The molecule has 6 heteroatoms. The zero-order valence-corrected chi connectivity index (χ0v) is 8.49. The number of hydrogen-bond donors (Lipinski definition) is 0. The van der Waals surface area contributed by atoms with Gasteiger partial charge in [-0.05, 0) is 0 Å². The molecule has 70 valence electrons. The van der Waals surface area contributed by atoms with Crippen molar-refractivity contribution in [2.24, 2.45) is 9.98 Å². The summed E-state index contributed by atoms with van der Waals surface area (Å²) in [6, 6.07) is 0. The van der Waals surface area contributed by atoms with Crippen molar-refractivity contribution in [1.29, 1.82) is 0 Å². The predicted octanol–water partition coefficient (Wildman–Crippen LogP) is 0.834. The van der Waals surface area contributed by atoms with Crippen LogP contribution in [0, 0.1) is 0 Å². The summed E-state index contributed by atoms with van der Waals surface area (Å²) in [6.45, 7) is 0.776. The van der Waals surface area contributed by atoms with E-state index in [9.17, 15) is 9.59 Å². The number of carbonyl (C=O) groups excluding carboxylic acids is 2. The maximum Gasteiger partial charge on any atom is 0.234 e. The van der Waals surface area contributed by atoms with E-state index in [0.717, 1.165) is 10.8 Å². The van der Waals surface area contributed by atoms with Crippen LogP contribution in [0.1, 0.15) is 0 Å². The van der Waals surface area contributed by atoms with Gasteiger partial charge < -0.3 is 0 Å². The molecule has 0 aromatic carbocycles. The molecule has 0 spiro atoms. The van der Waals surface area contributed by atoms with Gasteiger partial charge in [0.15, 0.2) is 0 Å². The van der Waals surface area contributed by atoms with Gasteiger partial charge in [0.05, 0.1) is 17.8 Å². The highest BCUT2D eigenvalue weighted by Gasteiger charge is 2.35. The molecule has 1 aliphatic rings. The summed E-state index contributed by atoms with van der Waals surface area (Å²) in [5.41, 5.74) is 0. The Kier molecular flexibility index (Phi) is 4.25. The van der Waals surface area contributed by atoms with E-state index in [1.807, 2.05) is 0 Å². The van der Waals surface area contributed by atoms with Gasteiger partial charge in [0, 0.05) is 10.8 Å². The van der Waals surface area contributed by atoms with E-state index >= 15 is 0 Å². The highest BCUT2D eigenvalue weighted by atomic mass is 32.2. The summed E-state index contributed by atoms with van der Waals surface area (Å²) < 4.78 is -0.181. The normalized spacial score (nSPS) is 26.2. The molecule has 4 nitrogen and oxygen atoms in total. The zero-order valence-electron chi connectivity index (χ0n) is 6.86. The van der Waals surface area contributed by atoms with Crippen LogP contribution in [0.2, 0.25) is 0 Å². The molecule has 0 bridgehead atoms. The summed E-state index contributed by atoms with van der Waals surface area (Å²) in [6.07, 6.45) is 3.02. The lowest BCUT2D eigenvalue weighted by Crippen LogP contribution is -2.32. The van der Waals surface area contributed by atoms with Gasteiger partial charge in [-0.3, -0.25) is 0 Å². The molecule has 1 saturated heterocycles. The van der Waals surface area contributed by atoms with Crippen LogP contribution in [0.3, 0.4) is 0 Å². The second-order valence-corrected chi connectivity index (χ2v) is 5.40. The van der Waals surface area contributed by atoms with Crippen LogP contribution in [-0.2, 0) is 9.59 Å².